The fourth-order valence-corrected chi connectivity index (χ4v) is 2.95. The predicted octanol–water partition coefficient (Wildman–Crippen LogP) is 2.10. The number of hydrogen-bond donors (Lipinski definition) is 0. The molecule has 3 rings (SSSR count). The van der Waals surface area contributed by atoms with Crippen molar-refractivity contribution in [1.29, 1.82) is 5.26 Å². The Morgan fingerprint density at radius 3 is 2.78 bits per heavy atom. The first kappa shape index (κ1) is 11.5. The summed E-state index contributed by atoms with van der Waals surface area (Å²) in [4.78, 5) is 6.61. The predicted molar refractivity (Wildman–Crippen MR) is 68.3 cm³/mol. The lowest BCUT2D eigenvalue weighted by atomic mass is 9.89. The van der Waals surface area contributed by atoms with Gasteiger partial charge in [-0.05, 0) is 37.8 Å². The zero-order valence-electron chi connectivity index (χ0n) is 10.4. The monoisotopic (exact) mass is 243 g/mol. The molecule has 2 fully saturated rings. The molecular formula is C14H17N3O. The third-order valence-electron chi connectivity index (χ3n) is 4.03. The van der Waals surface area contributed by atoms with Gasteiger partial charge in [0.2, 0.25) is 0 Å². The number of anilines is 1. The molecule has 0 saturated carbocycles. The Balaban J connectivity index is 1.70. The van der Waals surface area contributed by atoms with E-state index in [0.29, 0.717) is 5.69 Å². The molecule has 2 aliphatic heterocycles. The van der Waals surface area contributed by atoms with Gasteiger partial charge in [0.15, 0.2) is 0 Å². The molecule has 4 heteroatoms. The molecule has 0 aromatic carbocycles. The molecule has 0 atom stereocenters. The number of piperidine rings is 1. The highest BCUT2D eigenvalue weighted by molar-refractivity contribution is 5.42. The lowest BCUT2D eigenvalue weighted by molar-refractivity contribution is -0.0147. The summed E-state index contributed by atoms with van der Waals surface area (Å²) in [6.45, 7) is 2.87. The van der Waals surface area contributed by atoms with E-state index in [4.69, 9.17) is 10.00 Å². The summed E-state index contributed by atoms with van der Waals surface area (Å²) in [5.74, 6) is 0.918. The molecule has 2 aliphatic rings. The van der Waals surface area contributed by atoms with Crippen molar-refractivity contribution < 1.29 is 4.74 Å². The van der Waals surface area contributed by atoms with Crippen LogP contribution in [0.25, 0.3) is 0 Å². The molecule has 0 bridgehead atoms. The maximum atomic E-state index is 8.88. The standard InChI is InChI=1S/C14H17N3O/c15-11-12-3-1-4-13(16-12)17-8-6-14(7-9-17)5-2-10-18-14/h1,3-4H,2,5-10H2. The molecule has 18 heavy (non-hydrogen) atoms. The Kier molecular flexibility index (Phi) is 2.92. The molecule has 0 N–H and O–H groups in total. The summed E-state index contributed by atoms with van der Waals surface area (Å²) in [6, 6.07) is 7.72. The fraction of sp³-hybridized carbons (Fsp3) is 0.571. The maximum absolute atomic E-state index is 8.88. The van der Waals surface area contributed by atoms with E-state index in [2.05, 4.69) is 16.0 Å². The van der Waals surface area contributed by atoms with Crippen LogP contribution in [0.5, 0.6) is 0 Å². The summed E-state index contributed by atoms with van der Waals surface area (Å²) >= 11 is 0. The Morgan fingerprint density at radius 1 is 1.28 bits per heavy atom. The Bertz CT molecular complexity index is 464. The SMILES string of the molecule is N#Cc1cccc(N2CCC3(CCCO3)CC2)n1. The van der Waals surface area contributed by atoms with E-state index in [1.54, 1.807) is 6.07 Å². The third-order valence-corrected chi connectivity index (χ3v) is 4.03. The molecule has 1 spiro atoms. The number of rotatable bonds is 1. The lowest BCUT2D eigenvalue weighted by Gasteiger charge is -2.39. The second kappa shape index (κ2) is 4.58. The third kappa shape index (κ3) is 2.06. The number of hydrogen-bond acceptors (Lipinski definition) is 4. The van der Waals surface area contributed by atoms with Gasteiger partial charge in [0, 0.05) is 19.7 Å². The average molecular weight is 243 g/mol. The van der Waals surface area contributed by atoms with Crippen molar-refractivity contribution in [3.8, 4) is 6.07 Å². The number of pyridine rings is 1. The summed E-state index contributed by atoms with van der Waals surface area (Å²) in [5.41, 5.74) is 0.633. The van der Waals surface area contributed by atoms with E-state index >= 15 is 0 Å². The molecule has 3 heterocycles. The van der Waals surface area contributed by atoms with Crippen LogP contribution in [-0.4, -0.2) is 30.3 Å². The van der Waals surface area contributed by atoms with Gasteiger partial charge in [0.1, 0.15) is 17.6 Å². The molecule has 1 aromatic heterocycles. The van der Waals surface area contributed by atoms with Gasteiger partial charge in [0.05, 0.1) is 5.60 Å². The van der Waals surface area contributed by atoms with Gasteiger partial charge in [-0.2, -0.15) is 5.26 Å². The lowest BCUT2D eigenvalue weighted by Crippen LogP contribution is -2.44. The number of nitrogens with zero attached hydrogens (tertiary/aromatic N) is 3. The molecule has 0 aliphatic carbocycles. The summed E-state index contributed by atoms with van der Waals surface area (Å²) in [7, 11) is 0. The van der Waals surface area contributed by atoms with E-state index in [1.807, 2.05) is 12.1 Å². The molecular weight excluding hydrogens is 226 g/mol. The van der Waals surface area contributed by atoms with E-state index in [-0.39, 0.29) is 5.60 Å². The molecule has 2 saturated heterocycles. The number of nitriles is 1. The number of aromatic nitrogens is 1. The Labute approximate surface area is 107 Å². The van der Waals surface area contributed by atoms with Crippen molar-refractivity contribution >= 4 is 5.82 Å². The van der Waals surface area contributed by atoms with Crippen LogP contribution in [0.3, 0.4) is 0 Å². The zero-order chi connectivity index (χ0) is 12.4. The maximum Gasteiger partial charge on any atom is 0.142 e. The van der Waals surface area contributed by atoms with Crippen LogP contribution in [0.15, 0.2) is 18.2 Å². The molecule has 94 valence electrons. The van der Waals surface area contributed by atoms with Crippen molar-refractivity contribution in [3.05, 3.63) is 23.9 Å². The van der Waals surface area contributed by atoms with Gasteiger partial charge >= 0.3 is 0 Å². The van der Waals surface area contributed by atoms with Gasteiger partial charge < -0.3 is 9.64 Å². The van der Waals surface area contributed by atoms with Gasteiger partial charge in [-0.1, -0.05) is 6.07 Å². The normalized spacial score (nSPS) is 22.1. The van der Waals surface area contributed by atoms with Crippen molar-refractivity contribution in [2.24, 2.45) is 0 Å². The summed E-state index contributed by atoms with van der Waals surface area (Å²) in [5, 5.41) is 8.88. The Hall–Kier alpha value is -1.60. The molecule has 4 nitrogen and oxygen atoms in total. The highest BCUT2D eigenvalue weighted by Gasteiger charge is 2.38. The first-order valence-corrected chi connectivity index (χ1v) is 6.57. The number of ether oxygens (including phenoxy) is 1. The summed E-state index contributed by atoms with van der Waals surface area (Å²) < 4.78 is 5.91. The fourth-order valence-electron chi connectivity index (χ4n) is 2.95. The van der Waals surface area contributed by atoms with Gasteiger partial charge in [-0.15, -0.1) is 0 Å². The van der Waals surface area contributed by atoms with Crippen LogP contribution in [0, 0.1) is 11.3 Å². The van der Waals surface area contributed by atoms with Gasteiger partial charge in [-0.3, -0.25) is 0 Å². The average Bonchev–Trinajstić information content (AvgIpc) is 2.88. The second-order valence-electron chi connectivity index (χ2n) is 5.11. The van der Waals surface area contributed by atoms with Crippen molar-refractivity contribution in [1.82, 2.24) is 4.98 Å². The minimum Gasteiger partial charge on any atom is -0.375 e. The van der Waals surface area contributed by atoms with Crippen molar-refractivity contribution in [2.75, 3.05) is 24.6 Å². The van der Waals surface area contributed by atoms with Crippen LogP contribution in [0.2, 0.25) is 0 Å². The minimum absolute atomic E-state index is 0.142. The molecule has 0 unspecified atom stereocenters. The highest BCUT2D eigenvalue weighted by Crippen LogP contribution is 2.36. The van der Waals surface area contributed by atoms with Crippen LogP contribution < -0.4 is 4.90 Å². The first-order valence-electron chi connectivity index (χ1n) is 6.57. The van der Waals surface area contributed by atoms with Gasteiger partial charge in [-0.25, -0.2) is 4.98 Å². The highest BCUT2D eigenvalue weighted by atomic mass is 16.5. The Morgan fingerprint density at radius 2 is 2.11 bits per heavy atom. The van der Waals surface area contributed by atoms with E-state index in [1.165, 1.54) is 12.8 Å². The van der Waals surface area contributed by atoms with Crippen molar-refractivity contribution in [3.63, 3.8) is 0 Å². The van der Waals surface area contributed by atoms with Crippen LogP contribution in [0.4, 0.5) is 5.82 Å². The topological polar surface area (TPSA) is 49.2 Å². The summed E-state index contributed by atoms with van der Waals surface area (Å²) in [6.07, 6.45) is 4.55. The minimum atomic E-state index is 0.142. The van der Waals surface area contributed by atoms with E-state index in [0.717, 1.165) is 38.4 Å². The smallest absolute Gasteiger partial charge is 0.142 e. The first-order chi connectivity index (χ1) is 8.81. The van der Waals surface area contributed by atoms with Crippen LogP contribution >= 0.6 is 0 Å². The zero-order valence-corrected chi connectivity index (χ0v) is 10.4. The quantitative estimate of drug-likeness (QED) is 0.758. The largest absolute Gasteiger partial charge is 0.375 e. The molecule has 1 aromatic rings. The van der Waals surface area contributed by atoms with Crippen LogP contribution in [-0.2, 0) is 4.74 Å². The van der Waals surface area contributed by atoms with Crippen LogP contribution in [0.1, 0.15) is 31.4 Å². The van der Waals surface area contributed by atoms with E-state index < -0.39 is 0 Å². The molecule has 0 radical (unpaired) electrons. The molecule has 0 amide bonds. The van der Waals surface area contributed by atoms with E-state index in [9.17, 15) is 0 Å². The second-order valence-corrected chi connectivity index (χ2v) is 5.11. The van der Waals surface area contributed by atoms with Gasteiger partial charge in [0.25, 0.3) is 0 Å². The van der Waals surface area contributed by atoms with Crippen molar-refractivity contribution in [2.45, 2.75) is 31.3 Å².